The summed E-state index contributed by atoms with van der Waals surface area (Å²) in [5, 5.41) is 5.40. The van der Waals surface area contributed by atoms with Gasteiger partial charge >= 0.3 is 12.0 Å². The van der Waals surface area contributed by atoms with Crippen molar-refractivity contribution in [2.75, 3.05) is 27.4 Å². The predicted octanol–water partition coefficient (Wildman–Crippen LogP) is 2.05. The summed E-state index contributed by atoms with van der Waals surface area (Å²) in [7, 11) is 3.04. The molecule has 8 heteroatoms. The number of hydrogen-bond donors (Lipinski definition) is 2. The number of urea groups is 1. The van der Waals surface area contributed by atoms with E-state index in [-0.39, 0.29) is 12.7 Å². The molecule has 2 atom stereocenters. The molecule has 0 saturated carbocycles. The molecule has 1 saturated heterocycles. The van der Waals surface area contributed by atoms with Crippen LogP contribution in [0.15, 0.2) is 29.5 Å². The zero-order valence-electron chi connectivity index (χ0n) is 15.7. The standard InChI is InChI=1S/C19H24N2O6/c1-11-15(18(22)27-10-12-6-5-9-26-12)16(21-19(23)20-11)13-7-4-8-14(24-2)17(13)25-3/h4,7-8,12,16H,5-6,9-10H2,1-3H3,(H2,20,21,23)/t12-,16+/m0/s1. The molecule has 3 rings (SSSR count). The van der Waals surface area contributed by atoms with Crippen molar-refractivity contribution in [1.29, 1.82) is 0 Å². The Kier molecular flexibility index (Phi) is 5.85. The first kappa shape index (κ1) is 19.0. The molecule has 27 heavy (non-hydrogen) atoms. The number of rotatable bonds is 6. The van der Waals surface area contributed by atoms with Crippen LogP contribution < -0.4 is 20.1 Å². The highest BCUT2D eigenvalue weighted by atomic mass is 16.6. The van der Waals surface area contributed by atoms with Crippen LogP contribution >= 0.6 is 0 Å². The van der Waals surface area contributed by atoms with Crippen molar-refractivity contribution in [3.8, 4) is 11.5 Å². The maximum absolute atomic E-state index is 12.8. The quantitative estimate of drug-likeness (QED) is 0.738. The van der Waals surface area contributed by atoms with E-state index in [1.807, 2.05) is 0 Å². The van der Waals surface area contributed by atoms with Crippen LogP contribution in [0, 0.1) is 0 Å². The molecule has 2 amide bonds. The van der Waals surface area contributed by atoms with Crippen LogP contribution in [0.4, 0.5) is 4.79 Å². The number of methoxy groups -OCH3 is 2. The third-order valence-corrected chi connectivity index (χ3v) is 4.66. The fourth-order valence-corrected chi connectivity index (χ4v) is 3.36. The lowest BCUT2D eigenvalue weighted by atomic mass is 9.94. The van der Waals surface area contributed by atoms with Crippen molar-refractivity contribution in [3.05, 3.63) is 35.0 Å². The molecule has 0 aromatic heterocycles. The number of carbonyl (C=O) groups is 2. The molecule has 8 nitrogen and oxygen atoms in total. The van der Waals surface area contributed by atoms with Gasteiger partial charge in [0.05, 0.1) is 31.9 Å². The van der Waals surface area contributed by atoms with Gasteiger partial charge in [0.25, 0.3) is 0 Å². The van der Waals surface area contributed by atoms with Gasteiger partial charge in [-0.2, -0.15) is 0 Å². The minimum Gasteiger partial charge on any atom is -0.493 e. The summed E-state index contributed by atoms with van der Waals surface area (Å²) in [4.78, 5) is 24.9. The van der Waals surface area contributed by atoms with Gasteiger partial charge in [0, 0.05) is 17.9 Å². The Balaban J connectivity index is 1.91. The highest BCUT2D eigenvalue weighted by Crippen LogP contribution is 2.39. The molecule has 2 heterocycles. The summed E-state index contributed by atoms with van der Waals surface area (Å²) < 4.78 is 21.8. The molecule has 1 aromatic rings. The molecule has 0 aliphatic carbocycles. The lowest BCUT2D eigenvalue weighted by molar-refractivity contribution is -0.142. The summed E-state index contributed by atoms with van der Waals surface area (Å²) in [6, 6.07) is 4.17. The third-order valence-electron chi connectivity index (χ3n) is 4.66. The molecular weight excluding hydrogens is 352 g/mol. The Morgan fingerprint density at radius 1 is 1.30 bits per heavy atom. The van der Waals surface area contributed by atoms with Crippen LogP contribution in [0.5, 0.6) is 11.5 Å². The van der Waals surface area contributed by atoms with Crippen molar-refractivity contribution < 1.29 is 28.5 Å². The van der Waals surface area contributed by atoms with Crippen molar-refractivity contribution in [1.82, 2.24) is 10.6 Å². The van der Waals surface area contributed by atoms with Crippen LogP contribution in [0.1, 0.15) is 31.4 Å². The molecule has 0 radical (unpaired) electrons. The first-order valence-electron chi connectivity index (χ1n) is 8.83. The number of carbonyl (C=O) groups excluding carboxylic acids is 2. The van der Waals surface area contributed by atoms with Gasteiger partial charge in [-0.1, -0.05) is 12.1 Å². The maximum Gasteiger partial charge on any atom is 0.338 e. The summed E-state index contributed by atoms with van der Waals surface area (Å²) in [6.45, 7) is 2.54. The average Bonchev–Trinajstić information content (AvgIpc) is 3.18. The van der Waals surface area contributed by atoms with Crippen molar-refractivity contribution >= 4 is 12.0 Å². The van der Waals surface area contributed by atoms with E-state index in [2.05, 4.69) is 10.6 Å². The van der Waals surface area contributed by atoms with Crippen molar-refractivity contribution in [2.45, 2.75) is 31.9 Å². The predicted molar refractivity (Wildman–Crippen MR) is 96.6 cm³/mol. The number of allylic oxidation sites excluding steroid dienone is 1. The normalized spacial score (nSPS) is 22.1. The number of ether oxygens (including phenoxy) is 4. The summed E-state index contributed by atoms with van der Waals surface area (Å²) in [5.74, 6) is 0.447. The van der Waals surface area contributed by atoms with E-state index in [4.69, 9.17) is 18.9 Å². The highest BCUT2D eigenvalue weighted by Gasteiger charge is 2.35. The summed E-state index contributed by atoms with van der Waals surface area (Å²) >= 11 is 0. The largest absolute Gasteiger partial charge is 0.493 e. The zero-order valence-corrected chi connectivity index (χ0v) is 15.7. The number of nitrogens with one attached hydrogen (secondary N) is 2. The topological polar surface area (TPSA) is 95.1 Å². The number of esters is 1. The lowest BCUT2D eigenvalue weighted by Crippen LogP contribution is -2.45. The summed E-state index contributed by atoms with van der Waals surface area (Å²) in [6.07, 6.45) is 1.75. The summed E-state index contributed by atoms with van der Waals surface area (Å²) in [5.41, 5.74) is 1.36. The second-order valence-electron chi connectivity index (χ2n) is 6.39. The van der Waals surface area contributed by atoms with E-state index in [9.17, 15) is 9.59 Å². The molecule has 1 fully saturated rings. The maximum atomic E-state index is 12.8. The van der Waals surface area contributed by atoms with Gasteiger partial charge in [0.1, 0.15) is 6.61 Å². The molecule has 1 aromatic carbocycles. The molecule has 146 valence electrons. The first-order chi connectivity index (χ1) is 13.0. The van der Waals surface area contributed by atoms with E-state index in [0.717, 1.165) is 12.8 Å². The number of hydrogen-bond acceptors (Lipinski definition) is 6. The van der Waals surface area contributed by atoms with E-state index >= 15 is 0 Å². The first-order valence-corrected chi connectivity index (χ1v) is 8.83. The Labute approximate surface area is 157 Å². The van der Waals surface area contributed by atoms with Gasteiger partial charge in [0.2, 0.25) is 0 Å². The van der Waals surface area contributed by atoms with Gasteiger partial charge in [-0.15, -0.1) is 0 Å². The van der Waals surface area contributed by atoms with Crippen LogP contribution in [0.2, 0.25) is 0 Å². The fraction of sp³-hybridized carbons (Fsp3) is 0.474. The van der Waals surface area contributed by atoms with Gasteiger partial charge in [-0.25, -0.2) is 9.59 Å². The van der Waals surface area contributed by atoms with Gasteiger partial charge in [0.15, 0.2) is 11.5 Å². The molecule has 2 aliphatic rings. The molecule has 0 bridgehead atoms. The lowest BCUT2D eigenvalue weighted by Gasteiger charge is -2.29. The second-order valence-corrected chi connectivity index (χ2v) is 6.39. The number of para-hydroxylation sites is 1. The molecule has 2 N–H and O–H groups in total. The minimum atomic E-state index is -0.721. The van der Waals surface area contributed by atoms with Gasteiger partial charge in [-0.05, 0) is 25.8 Å². The van der Waals surface area contributed by atoms with Crippen LogP contribution in [0.25, 0.3) is 0 Å². The molecule has 0 unspecified atom stereocenters. The van der Waals surface area contributed by atoms with Crippen molar-refractivity contribution in [3.63, 3.8) is 0 Å². The number of amides is 2. The Bertz CT molecular complexity index is 755. The zero-order chi connectivity index (χ0) is 19.4. The molecule has 2 aliphatic heterocycles. The van der Waals surface area contributed by atoms with Crippen LogP contribution in [0.3, 0.4) is 0 Å². The molecule has 0 spiro atoms. The highest BCUT2D eigenvalue weighted by molar-refractivity contribution is 5.95. The SMILES string of the molecule is COc1cccc([C@H]2NC(=O)NC(C)=C2C(=O)OC[C@@H]2CCCO2)c1OC. The minimum absolute atomic E-state index is 0.0780. The Morgan fingerprint density at radius 2 is 2.11 bits per heavy atom. The van der Waals surface area contributed by atoms with E-state index in [0.29, 0.717) is 34.9 Å². The molecular formula is C19H24N2O6. The number of benzene rings is 1. The smallest absolute Gasteiger partial charge is 0.338 e. The third kappa shape index (κ3) is 4.00. The van der Waals surface area contributed by atoms with E-state index < -0.39 is 18.0 Å². The Morgan fingerprint density at radius 3 is 2.78 bits per heavy atom. The van der Waals surface area contributed by atoms with Gasteiger partial charge < -0.3 is 29.6 Å². The monoisotopic (exact) mass is 376 g/mol. The van der Waals surface area contributed by atoms with E-state index in [1.165, 1.54) is 14.2 Å². The van der Waals surface area contributed by atoms with Crippen molar-refractivity contribution in [2.24, 2.45) is 0 Å². The average molecular weight is 376 g/mol. The van der Waals surface area contributed by atoms with Gasteiger partial charge in [-0.3, -0.25) is 0 Å². The Hall–Kier alpha value is -2.74. The van der Waals surface area contributed by atoms with E-state index in [1.54, 1.807) is 25.1 Å². The van der Waals surface area contributed by atoms with Crippen LogP contribution in [-0.2, 0) is 14.3 Å². The van der Waals surface area contributed by atoms with Crippen LogP contribution in [-0.4, -0.2) is 45.5 Å². The fourth-order valence-electron chi connectivity index (χ4n) is 3.36. The second kappa shape index (κ2) is 8.30.